The minimum absolute atomic E-state index is 0.00413. The summed E-state index contributed by atoms with van der Waals surface area (Å²) in [6.07, 6.45) is 1.89. The van der Waals surface area contributed by atoms with Crippen molar-refractivity contribution in [1.29, 1.82) is 0 Å². The number of rotatable bonds is 10. The highest BCUT2D eigenvalue weighted by molar-refractivity contribution is 7.10. The predicted octanol–water partition coefficient (Wildman–Crippen LogP) is 9.08. The normalized spacial score (nSPS) is 13.6. The first-order chi connectivity index (χ1) is 30.5. The number of carboxylic acid groups (broad SMARTS) is 1. The number of aromatic carboxylic acids is 1. The third kappa shape index (κ3) is 11.0. The van der Waals surface area contributed by atoms with Gasteiger partial charge in [0.15, 0.2) is 0 Å². The number of hydrogen-bond donors (Lipinski definition) is 2. The van der Waals surface area contributed by atoms with Gasteiger partial charge < -0.3 is 24.4 Å². The molecule has 0 spiro atoms. The standard InChI is InChI=1S/C23H19FN4O2S.C13H13FN2S.C10H8N2O3/c1-14-25-22(27-30-14)17-3-2-4-18(10-17)23(29)28-11-15(12-28)9-21-26-20(13-31-21)16-5-7-19(24)8-6-16;14-11-3-1-10(2-4-11)12-8-17-13(16-12)5-9-6-15-7-9;1-6-11-9(12-15-6)7-3-2-4-8(5-7)10(13)14/h2-8,10,13,15H,9,11-12H2,1H3;1-4,8-9,15H,5-7H2;2-5H,1H3,(H,13,14). The van der Waals surface area contributed by atoms with Gasteiger partial charge in [-0.3, -0.25) is 4.79 Å². The van der Waals surface area contributed by atoms with Gasteiger partial charge in [0.05, 0.1) is 27.0 Å². The number of thiazole rings is 2. The summed E-state index contributed by atoms with van der Waals surface area (Å²) >= 11 is 3.30. The van der Waals surface area contributed by atoms with Crippen LogP contribution in [-0.4, -0.2) is 78.3 Å². The molecule has 6 heterocycles. The lowest BCUT2D eigenvalue weighted by Gasteiger charge is -2.39. The number of carboxylic acids is 1. The highest BCUT2D eigenvalue weighted by atomic mass is 32.1. The molecule has 17 heteroatoms. The molecule has 2 N–H and O–H groups in total. The molecule has 0 aliphatic carbocycles. The third-order valence-corrected chi connectivity index (χ3v) is 12.0. The van der Waals surface area contributed by atoms with Gasteiger partial charge in [0.1, 0.15) is 11.6 Å². The third-order valence-electron chi connectivity index (χ3n) is 10.2. The minimum Gasteiger partial charge on any atom is -0.478 e. The fourth-order valence-electron chi connectivity index (χ4n) is 6.77. The molecule has 0 radical (unpaired) electrons. The Balaban J connectivity index is 0.000000143. The van der Waals surface area contributed by atoms with E-state index in [1.54, 1.807) is 79.0 Å². The predicted molar refractivity (Wildman–Crippen MR) is 234 cm³/mol. The van der Waals surface area contributed by atoms with Crippen LogP contribution in [0.3, 0.4) is 0 Å². The molecule has 10 rings (SSSR count). The second kappa shape index (κ2) is 19.5. The second-order valence-corrected chi connectivity index (χ2v) is 16.9. The van der Waals surface area contributed by atoms with Crippen LogP contribution in [0.2, 0.25) is 0 Å². The second-order valence-electron chi connectivity index (χ2n) is 15.0. The quantitative estimate of drug-likeness (QED) is 0.134. The molecule has 1 amide bonds. The maximum atomic E-state index is 13.1. The molecule has 0 atom stereocenters. The van der Waals surface area contributed by atoms with E-state index in [2.05, 4.69) is 40.9 Å². The molecule has 8 aromatic rings. The van der Waals surface area contributed by atoms with Crippen molar-refractivity contribution < 1.29 is 32.5 Å². The molecule has 0 saturated carbocycles. The zero-order valence-electron chi connectivity index (χ0n) is 34.1. The Morgan fingerprint density at radius 3 is 1.59 bits per heavy atom. The summed E-state index contributed by atoms with van der Waals surface area (Å²) < 4.78 is 35.8. The average molecular weight is 887 g/mol. The van der Waals surface area contributed by atoms with Crippen LogP contribution in [0.25, 0.3) is 45.3 Å². The molecule has 4 aromatic heterocycles. The van der Waals surface area contributed by atoms with Gasteiger partial charge in [-0.05, 0) is 91.8 Å². The van der Waals surface area contributed by atoms with Gasteiger partial charge in [0.2, 0.25) is 23.4 Å². The maximum Gasteiger partial charge on any atom is 0.335 e. The first kappa shape index (κ1) is 42.9. The lowest BCUT2D eigenvalue weighted by atomic mass is 9.95. The highest BCUT2D eigenvalue weighted by Gasteiger charge is 2.32. The molecule has 0 unspecified atom stereocenters. The Labute approximate surface area is 368 Å². The van der Waals surface area contributed by atoms with E-state index >= 15 is 0 Å². The van der Waals surface area contributed by atoms with E-state index in [9.17, 15) is 18.4 Å². The SMILES string of the molecule is Cc1nc(-c2cccc(C(=O)N3CC(Cc4nc(-c5ccc(F)cc5)cs4)C3)c2)no1.Cc1nc(-c2cccc(C(=O)O)c2)no1.Fc1ccc(-c2csc(CC3CNC3)n2)cc1. The number of nitrogens with zero attached hydrogens (tertiary/aromatic N) is 7. The molecule has 2 aliphatic heterocycles. The molecule has 4 aromatic carbocycles. The van der Waals surface area contributed by atoms with E-state index in [1.165, 1.54) is 41.4 Å². The number of nitrogens with one attached hydrogen (secondary N) is 1. The summed E-state index contributed by atoms with van der Waals surface area (Å²) in [5.74, 6) is 1.52. The Bertz CT molecular complexity index is 2810. The zero-order valence-corrected chi connectivity index (χ0v) is 35.7. The van der Waals surface area contributed by atoms with E-state index in [0.717, 1.165) is 64.9 Å². The molecule has 0 bridgehead atoms. The molecule has 13 nitrogen and oxygen atoms in total. The van der Waals surface area contributed by atoms with Crippen LogP contribution < -0.4 is 5.32 Å². The van der Waals surface area contributed by atoms with Gasteiger partial charge >= 0.3 is 5.97 Å². The molecule has 2 aliphatic rings. The smallest absolute Gasteiger partial charge is 0.335 e. The van der Waals surface area contributed by atoms with Gasteiger partial charge in [0.25, 0.3) is 5.91 Å². The van der Waals surface area contributed by atoms with Crippen molar-refractivity contribution in [3.63, 3.8) is 0 Å². The fraction of sp³-hybridized carbons (Fsp3) is 0.217. The number of aryl methyl sites for hydroxylation is 2. The average Bonchev–Trinajstić information content (AvgIpc) is 4.11. The van der Waals surface area contributed by atoms with Crippen LogP contribution in [0.15, 0.2) is 117 Å². The van der Waals surface area contributed by atoms with Crippen molar-refractivity contribution in [3.05, 3.63) is 152 Å². The Hall–Kier alpha value is -6.82. The monoisotopic (exact) mass is 886 g/mol. The van der Waals surface area contributed by atoms with Crippen LogP contribution in [0.4, 0.5) is 8.78 Å². The van der Waals surface area contributed by atoms with Gasteiger partial charge in [-0.15, -0.1) is 22.7 Å². The molecule has 2 saturated heterocycles. The van der Waals surface area contributed by atoms with Crippen molar-refractivity contribution in [2.45, 2.75) is 26.7 Å². The van der Waals surface area contributed by atoms with Crippen molar-refractivity contribution in [1.82, 2.24) is 40.5 Å². The molecule has 320 valence electrons. The van der Waals surface area contributed by atoms with E-state index in [0.29, 0.717) is 53.6 Å². The van der Waals surface area contributed by atoms with Crippen molar-refractivity contribution in [2.24, 2.45) is 11.8 Å². The Kier molecular flexibility index (Phi) is 13.3. The summed E-state index contributed by atoms with van der Waals surface area (Å²) in [5, 5.41) is 25.9. The first-order valence-electron chi connectivity index (χ1n) is 20.0. The van der Waals surface area contributed by atoms with Crippen molar-refractivity contribution in [2.75, 3.05) is 26.2 Å². The molecular formula is C46H40F2N8O5S2. The Morgan fingerprint density at radius 1 is 0.667 bits per heavy atom. The van der Waals surface area contributed by atoms with Crippen LogP contribution in [-0.2, 0) is 12.8 Å². The van der Waals surface area contributed by atoms with Crippen LogP contribution >= 0.6 is 22.7 Å². The fourth-order valence-corrected chi connectivity index (χ4v) is 8.60. The number of amides is 1. The maximum absolute atomic E-state index is 13.1. The lowest BCUT2D eigenvalue weighted by molar-refractivity contribution is 0.0501. The number of benzene rings is 4. The van der Waals surface area contributed by atoms with Gasteiger partial charge in [0, 0.05) is 84.3 Å². The number of hydrogen-bond acceptors (Lipinski definition) is 13. The minimum atomic E-state index is -0.975. The van der Waals surface area contributed by atoms with E-state index < -0.39 is 5.97 Å². The van der Waals surface area contributed by atoms with Gasteiger partial charge in [-0.1, -0.05) is 34.6 Å². The van der Waals surface area contributed by atoms with E-state index in [1.807, 2.05) is 28.5 Å². The summed E-state index contributed by atoms with van der Waals surface area (Å²) in [5.41, 5.74) is 5.92. The number of likely N-dealkylation sites (tertiary alicyclic amines) is 1. The van der Waals surface area contributed by atoms with Crippen molar-refractivity contribution >= 4 is 34.6 Å². The number of aromatic nitrogens is 6. The van der Waals surface area contributed by atoms with Gasteiger partial charge in [-0.25, -0.2) is 23.5 Å². The van der Waals surface area contributed by atoms with Gasteiger partial charge in [-0.2, -0.15) is 9.97 Å². The summed E-state index contributed by atoms with van der Waals surface area (Å²) in [6.45, 7) is 7.02. The van der Waals surface area contributed by atoms with Crippen molar-refractivity contribution in [3.8, 4) is 45.3 Å². The Morgan fingerprint density at radius 2 is 1.14 bits per heavy atom. The largest absolute Gasteiger partial charge is 0.478 e. The van der Waals surface area contributed by atoms with Crippen LogP contribution in [0, 0.1) is 37.3 Å². The molecule has 2 fully saturated rings. The summed E-state index contributed by atoms with van der Waals surface area (Å²) in [7, 11) is 0. The van der Waals surface area contributed by atoms with E-state index in [4.69, 9.17) is 14.2 Å². The zero-order chi connectivity index (χ0) is 43.9. The highest BCUT2D eigenvalue weighted by Crippen LogP contribution is 2.29. The summed E-state index contributed by atoms with van der Waals surface area (Å²) in [6, 6.07) is 26.6. The molecular weight excluding hydrogens is 847 g/mol. The summed E-state index contributed by atoms with van der Waals surface area (Å²) in [4.78, 5) is 42.9. The van der Waals surface area contributed by atoms with Crippen LogP contribution in [0.1, 0.15) is 42.5 Å². The number of halogens is 2. The number of carbonyl (C=O) groups excluding carboxylic acids is 1. The lowest BCUT2D eigenvalue weighted by Crippen LogP contribution is -2.50. The molecule has 63 heavy (non-hydrogen) atoms. The topological polar surface area (TPSA) is 173 Å². The number of carbonyl (C=O) groups is 2. The first-order valence-corrected chi connectivity index (χ1v) is 21.7. The van der Waals surface area contributed by atoms with Crippen LogP contribution in [0.5, 0.6) is 0 Å². The van der Waals surface area contributed by atoms with E-state index in [-0.39, 0.29) is 23.1 Å².